The van der Waals surface area contributed by atoms with Crippen LogP contribution in [0.3, 0.4) is 0 Å². The minimum Gasteiger partial charge on any atom is -0.464 e. The van der Waals surface area contributed by atoms with Crippen molar-refractivity contribution >= 4 is 11.8 Å². The molecule has 0 saturated heterocycles. The molecule has 1 aromatic heterocycles. The fraction of sp³-hybridized carbons (Fsp3) is 0.500. The van der Waals surface area contributed by atoms with Gasteiger partial charge >= 0.3 is 5.97 Å². The third kappa shape index (κ3) is 2.21. The molecule has 1 heterocycles. The zero-order chi connectivity index (χ0) is 9.84. The number of anilines is 1. The maximum absolute atomic E-state index is 11.2. The van der Waals surface area contributed by atoms with Gasteiger partial charge in [0.15, 0.2) is 0 Å². The van der Waals surface area contributed by atoms with Gasteiger partial charge in [0, 0.05) is 6.20 Å². The first-order chi connectivity index (χ1) is 6.15. The lowest BCUT2D eigenvalue weighted by Gasteiger charge is -2.09. The van der Waals surface area contributed by atoms with Crippen molar-refractivity contribution in [2.45, 2.75) is 19.9 Å². The van der Waals surface area contributed by atoms with E-state index in [0.29, 0.717) is 12.4 Å². The van der Waals surface area contributed by atoms with Crippen molar-refractivity contribution in [1.82, 2.24) is 9.78 Å². The molecule has 0 aliphatic rings. The highest BCUT2D eigenvalue weighted by atomic mass is 16.5. The van der Waals surface area contributed by atoms with Crippen molar-refractivity contribution in [3.05, 3.63) is 12.3 Å². The van der Waals surface area contributed by atoms with Crippen molar-refractivity contribution in [2.24, 2.45) is 0 Å². The van der Waals surface area contributed by atoms with E-state index in [1.54, 1.807) is 26.1 Å². The van der Waals surface area contributed by atoms with Gasteiger partial charge in [0.1, 0.15) is 11.9 Å². The molecule has 1 atom stereocenters. The van der Waals surface area contributed by atoms with E-state index in [1.165, 1.54) is 4.68 Å². The highest BCUT2D eigenvalue weighted by Gasteiger charge is 2.16. The fourth-order valence-corrected chi connectivity index (χ4v) is 0.939. The van der Waals surface area contributed by atoms with E-state index in [0.717, 1.165) is 0 Å². The number of nitrogens with zero attached hydrogens (tertiary/aromatic N) is 2. The molecule has 72 valence electrons. The monoisotopic (exact) mass is 183 g/mol. The smallest absolute Gasteiger partial charge is 0.330 e. The number of carbonyl (C=O) groups is 1. The third-order valence-corrected chi connectivity index (χ3v) is 1.65. The van der Waals surface area contributed by atoms with Gasteiger partial charge in [-0.15, -0.1) is 0 Å². The maximum atomic E-state index is 11.2. The Labute approximate surface area is 76.5 Å². The number of ether oxygens (including phenoxy) is 1. The molecule has 13 heavy (non-hydrogen) atoms. The molecular formula is C8H13N3O2. The minimum atomic E-state index is -0.419. The summed E-state index contributed by atoms with van der Waals surface area (Å²) in [5.74, 6) is 0.0988. The first kappa shape index (κ1) is 9.57. The molecule has 0 spiro atoms. The lowest BCUT2D eigenvalue weighted by atomic mass is 10.3. The predicted molar refractivity (Wildman–Crippen MR) is 48.0 cm³/mol. The Balaban J connectivity index is 2.67. The molecule has 0 radical (unpaired) electrons. The van der Waals surface area contributed by atoms with Gasteiger partial charge < -0.3 is 10.5 Å². The Kier molecular flexibility index (Phi) is 2.89. The number of nitrogens with two attached hydrogens (primary N) is 1. The second-order valence-corrected chi connectivity index (χ2v) is 2.65. The number of hydrogen-bond donors (Lipinski definition) is 1. The van der Waals surface area contributed by atoms with E-state index in [-0.39, 0.29) is 5.97 Å². The van der Waals surface area contributed by atoms with E-state index in [9.17, 15) is 4.79 Å². The molecule has 0 aliphatic heterocycles. The molecule has 2 N–H and O–H groups in total. The van der Waals surface area contributed by atoms with Crippen LogP contribution >= 0.6 is 0 Å². The topological polar surface area (TPSA) is 70.1 Å². The Morgan fingerprint density at radius 3 is 3.00 bits per heavy atom. The summed E-state index contributed by atoms with van der Waals surface area (Å²) in [5, 5.41) is 3.91. The summed E-state index contributed by atoms with van der Waals surface area (Å²) in [6, 6.07) is 1.22. The second-order valence-electron chi connectivity index (χ2n) is 2.65. The predicted octanol–water partition coefficient (Wildman–Crippen LogP) is 0.589. The van der Waals surface area contributed by atoms with Crippen LogP contribution in [0.1, 0.15) is 19.9 Å². The summed E-state index contributed by atoms with van der Waals surface area (Å²) >= 11 is 0. The molecule has 0 bridgehead atoms. The van der Waals surface area contributed by atoms with Crippen molar-refractivity contribution in [2.75, 3.05) is 12.3 Å². The maximum Gasteiger partial charge on any atom is 0.330 e. The van der Waals surface area contributed by atoms with Crippen LogP contribution in [0.2, 0.25) is 0 Å². The normalized spacial score (nSPS) is 12.5. The van der Waals surface area contributed by atoms with E-state index >= 15 is 0 Å². The van der Waals surface area contributed by atoms with E-state index in [1.807, 2.05) is 0 Å². The molecule has 0 amide bonds. The molecule has 1 rings (SSSR count). The fourth-order valence-electron chi connectivity index (χ4n) is 0.939. The lowest BCUT2D eigenvalue weighted by molar-refractivity contribution is -0.146. The zero-order valence-corrected chi connectivity index (χ0v) is 7.73. The second kappa shape index (κ2) is 3.93. The van der Waals surface area contributed by atoms with Crippen LogP contribution in [0.4, 0.5) is 5.82 Å². The SMILES string of the molecule is CCOC(=O)C(C)n1ccc(N)n1. The van der Waals surface area contributed by atoms with Crippen molar-refractivity contribution in [3.63, 3.8) is 0 Å². The zero-order valence-electron chi connectivity index (χ0n) is 7.73. The number of hydrogen-bond acceptors (Lipinski definition) is 4. The molecular weight excluding hydrogens is 170 g/mol. The van der Waals surface area contributed by atoms with Crippen molar-refractivity contribution in [1.29, 1.82) is 0 Å². The Morgan fingerprint density at radius 1 is 1.85 bits per heavy atom. The summed E-state index contributed by atoms with van der Waals surface area (Å²) in [4.78, 5) is 11.2. The van der Waals surface area contributed by atoms with Gasteiger partial charge in [-0.05, 0) is 19.9 Å². The van der Waals surface area contributed by atoms with Crippen LogP contribution in [-0.2, 0) is 9.53 Å². The van der Waals surface area contributed by atoms with Crippen LogP contribution in [-0.4, -0.2) is 22.4 Å². The van der Waals surface area contributed by atoms with Crippen LogP contribution in [0, 0.1) is 0 Å². The van der Waals surface area contributed by atoms with E-state index < -0.39 is 6.04 Å². The van der Waals surface area contributed by atoms with Gasteiger partial charge in [-0.1, -0.05) is 0 Å². The summed E-state index contributed by atoms with van der Waals surface area (Å²) in [6.07, 6.45) is 1.65. The molecule has 0 fully saturated rings. The molecule has 0 aromatic carbocycles. The molecule has 1 unspecified atom stereocenters. The summed E-state index contributed by atoms with van der Waals surface area (Å²) in [6.45, 7) is 3.85. The van der Waals surface area contributed by atoms with Gasteiger partial charge in [0.25, 0.3) is 0 Å². The molecule has 5 nitrogen and oxygen atoms in total. The first-order valence-corrected chi connectivity index (χ1v) is 4.12. The summed E-state index contributed by atoms with van der Waals surface area (Å²) in [7, 11) is 0. The quantitative estimate of drug-likeness (QED) is 0.696. The summed E-state index contributed by atoms with van der Waals surface area (Å²) in [5.41, 5.74) is 5.41. The average molecular weight is 183 g/mol. The standard InChI is InChI=1S/C8H13N3O2/c1-3-13-8(12)6(2)11-5-4-7(9)10-11/h4-6H,3H2,1-2H3,(H2,9,10). The minimum absolute atomic E-state index is 0.300. The number of aromatic nitrogens is 2. The average Bonchev–Trinajstić information content (AvgIpc) is 2.51. The largest absolute Gasteiger partial charge is 0.464 e. The van der Waals surface area contributed by atoms with Gasteiger partial charge in [-0.2, -0.15) is 5.10 Å². The Hall–Kier alpha value is -1.52. The molecule has 0 saturated carbocycles. The van der Waals surface area contributed by atoms with Gasteiger partial charge in [0.2, 0.25) is 0 Å². The van der Waals surface area contributed by atoms with Crippen LogP contribution in [0.15, 0.2) is 12.3 Å². The Bertz CT molecular complexity index is 295. The van der Waals surface area contributed by atoms with Crippen LogP contribution < -0.4 is 5.73 Å². The highest BCUT2D eigenvalue weighted by Crippen LogP contribution is 2.08. The highest BCUT2D eigenvalue weighted by molar-refractivity contribution is 5.73. The number of carbonyl (C=O) groups excluding carboxylic acids is 1. The summed E-state index contributed by atoms with van der Waals surface area (Å²) < 4.78 is 6.31. The molecule has 1 aromatic rings. The number of rotatable bonds is 3. The van der Waals surface area contributed by atoms with Gasteiger partial charge in [-0.25, -0.2) is 4.79 Å². The first-order valence-electron chi connectivity index (χ1n) is 4.12. The number of nitrogen functional groups attached to an aromatic ring is 1. The van der Waals surface area contributed by atoms with Crippen LogP contribution in [0.5, 0.6) is 0 Å². The number of esters is 1. The lowest BCUT2D eigenvalue weighted by Crippen LogP contribution is -2.19. The van der Waals surface area contributed by atoms with Crippen molar-refractivity contribution < 1.29 is 9.53 Å². The van der Waals surface area contributed by atoms with Gasteiger partial charge in [0.05, 0.1) is 6.61 Å². The van der Waals surface area contributed by atoms with Crippen LogP contribution in [0.25, 0.3) is 0 Å². The third-order valence-electron chi connectivity index (χ3n) is 1.65. The molecule has 5 heteroatoms. The van der Waals surface area contributed by atoms with Crippen molar-refractivity contribution in [3.8, 4) is 0 Å². The molecule has 0 aliphatic carbocycles. The Morgan fingerprint density at radius 2 is 2.54 bits per heavy atom. The van der Waals surface area contributed by atoms with Gasteiger partial charge in [-0.3, -0.25) is 4.68 Å². The van der Waals surface area contributed by atoms with E-state index in [2.05, 4.69) is 5.10 Å². The van der Waals surface area contributed by atoms with E-state index in [4.69, 9.17) is 10.5 Å².